The molecule has 0 aliphatic carbocycles. The van der Waals surface area contributed by atoms with Crippen LogP contribution in [-0.2, 0) is 0 Å². The number of H-pyrrole nitrogens is 1. The second-order valence-electron chi connectivity index (χ2n) is 5.24. The van der Waals surface area contributed by atoms with Crippen LogP contribution in [0.4, 0.5) is 19.0 Å². The second kappa shape index (κ2) is 6.40. The first-order valence-electron chi connectivity index (χ1n) is 7.12. The summed E-state index contributed by atoms with van der Waals surface area (Å²) in [6, 6.07) is 1.38. The van der Waals surface area contributed by atoms with E-state index >= 15 is 0 Å². The van der Waals surface area contributed by atoms with Crippen molar-refractivity contribution in [2.75, 3.05) is 24.5 Å². The van der Waals surface area contributed by atoms with Gasteiger partial charge in [0.05, 0.1) is 0 Å². The zero-order valence-corrected chi connectivity index (χ0v) is 13.0. The van der Waals surface area contributed by atoms with Gasteiger partial charge < -0.3 is 15.2 Å². The number of piperazine rings is 1. The van der Waals surface area contributed by atoms with Crippen LogP contribution in [0.5, 0.6) is 0 Å². The van der Waals surface area contributed by atoms with Gasteiger partial charge in [-0.15, -0.1) is 0 Å². The highest BCUT2D eigenvalue weighted by molar-refractivity contribution is 6.32. The van der Waals surface area contributed by atoms with E-state index in [1.165, 1.54) is 12.4 Å². The van der Waals surface area contributed by atoms with E-state index in [-0.39, 0.29) is 29.8 Å². The molecule has 0 aromatic carbocycles. The van der Waals surface area contributed by atoms with Gasteiger partial charge in [-0.05, 0) is 12.1 Å². The fourth-order valence-corrected chi connectivity index (χ4v) is 2.73. The van der Waals surface area contributed by atoms with E-state index in [2.05, 4.69) is 20.3 Å². The Hall–Kier alpha value is -2.13. The van der Waals surface area contributed by atoms with Crippen LogP contribution >= 0.6 is 11.6 Å². The van der Waals surface area contributed by atoms with E-state index in [0.29, 0.717) is 12.1 Å². The van der Waals surface area contributed by atoms with Crippen LogP contribution in [0.25, 0.3) is 11.4 Å². The zero-order valence-electron chi connectivity index (χ0n) is 12.3. The van der Waals surface area contributed by atoms with Crippen molar-refractivity contribution in [3.63, 3.8) is 0 Å². The van der Waals surface area contributed by atoms with Crippen LogP contribution in [-0.4, -0.2) is 46.8 Å². The number of rotatable bonds is 2. The third-order valence-corrected chi connectivity index (χ3v) is 4.03. The maximum atomic E-state index is 13.3. The minimum Gasteiger partial charge on any atom is -0.341 e. The molecule has 3 heterocycles. The Morgan fingerprint density at radius 2 is 2.00 bits per heavy atom. The Kier molecular flexibility index (Phi) is 4.46. The monoisotopic (exact) mass is 359 g/mol. The van der Waals surface area contributed by atoms with E-state index < -0.39 is 17.8 Å². The summed E-state index contributed by atoms with van der Waals surface area (Å²) in [6.45, 7) is 0.0804. The Morgan fingerprint density at radius 1 is 1.29 bits per heavy atom. The smallest absolute Gasteiger partial charge is 0.341 e. The summed E-state index contributed by atoms with van der Waals surface area (Å²) in [4.78, 5) is 23.6. The third kappa shape index (κ3) is 3.22. The number of hydrogen-bond donors (Lipinski definition) is 2. The first-order chi connectivity index (χ1) is 11.4. The number of hydrogen-bond acceptors (Lipinski definition) is 5. The summed E-state index contributed by atoms with van der Waals surface area (Å²) >= 11 is 5.95. The Bertz CT molecular complexity index is 780. The van der Waals surface area contributed by atoms with Gasteiger partial charge in [0.25, 0.3) is 5.56 Å². The van der Waals surface area contributed by atoms with E-state index in [4.69, 9.17) is 11.6 Å². The zero-order chi connectivity index (χ0) is 17.3. The third-order valence-electron chi connectivity index (χ3n) is 3.69. The highest BCUT2D eigenvalue weighted by Crippen LogP contribution is 2.32. The highest BCUT2D eigenvalue weighted by Gasteiger charge is 2.46. The summed E-state index contributed by atoms with van der Waals surface area (Å²) < 4.78 is 39.9. The molecule has 1 saturated heterocycles. The fourth-order valence-electron chi connectivity index (χ4n) is 2.53. The average molecular weight is 360 g/mol. The molecule has 24 heavy (non-hydrogen) atoms. The second-order valence-corrected chi connectivity index (χ2v) is 5.62. The molecule has 10 heteroatoms. The molecular weight excluding hydrogens is 347 g/mol. The summed E-state index contributed by atoms with van der Waals surface area (Å²) in [6.07, 6.45) is -1.49. The van der Waals surface area contributed by atoms with Crippen LogP contribution < -0.4 is 15.8 Å². The number of aromatic amines is 1. The number of pyridine rings is 1. The topological polar surface area (TPSA) is 73.9 Å². The van der Waals surface area contributed by atoms with Crippen LogP contribution in [0, 0.1) is 0 Å². The fraction of sp³-hybridized carbons (Fsp3) is 0.357. The maximum absolute atomic E-state index is 13.3. The van der Waals surface area contributed by atoms with Crippen molar-refractivity contribution in [3.8, 4) is 11.4 Å². The molecule has 6 nitrogen and oxygen atoms in total. The largest absolute Gasteiger partial charge is 0.410 e. The number of alkyl halides is 3. The SMILES string of the molecule is O=c1[nH]c(-c2ccncc2)nc(N2CCNC[C@@H]2C(F)(F)F)c1Cl. The standard InChI is InChI=1S/C14H13ClF3N5O/c15-10-12(23-6-5-20-7-9(23)14(16,17)18)21-11(22-13(10)24)8-1-3-19-4-2-8/h1-4,9,20H,5-7H2,(H,21,22,24)/t9-/m1/s1. The summed E-state index contributed by atoms with van der Waals surface area (Å²) in [5, 5.41) is 2.34. The lowest BCUT2D eigenvalue weighted by Crippen LogP contribution is -2.58. The van der Waals surface area contributed by atoms with Crippen LogP contribution in [0.1, 0.15) is 0 Å². The molecule has 128 valence electrons. The number of nitrogens with zero attached hydrogens (tertiary/aromatic N) is 3. The molecule has 1 aliphatic rings. The van der Waals surface area contributed by atoms with Gasteiger partial charge in [-0.1, -0.05) is 11.6 Å². The van der Waals surface area contributed by atoms with Gasteiger partial charge in [0.1, 0.15) is 16.9 Å². The van der Waals surface area contributed by atoms with Crippen LogP contribution in [0.15, 0.2) is 29.3 Å². The van der Waals surface area contributed by atoms with Crippen molar-refractivity contribution in [3.05, 3.63) is 39.9 Å². The van der Waals surface area contributed by atoms with E-state index in [1.807, 2.05) is 0 Å². The predicted octanol–water partition coefficient (Wildman–Crippen LogP) is 1.83. The Balaban J connectivity index is 2.09. The molecule has 1 aliphatic heterocycles. The Labute approximate surface area is 139 Å². The summed E-state index contributed by atoms with van der Waals surface area (Å²) in [5.74, 6) is -0.0303. The number of nitrogens with one attached hydrogen (secondary N) is 2. The van der Waals surface area contributed by atoms with Gasteiger partial charge in [-0.25, -0.2) is 4.98 Å². The normalized spacial score (nSPS) is 18.7. The van der Waals surface area contributed by atoms with Crippen LogP contribution in [0.3, 0.4) is 0 Å². The lowest BCUT2D eigenvalue weighted by atomic mass is 10.2. The molecule has 0 bridgehead atoms. The number of anilines is 1. The van der Waals surface area contributed by atoms with Gasteiger partial charge >= 0.3 is 6.18 Å². The van der Waals surface area contributed by atoms with Gasteiger partial charge in [-0.3, -0.25) is 9.78 Å². The van der Waals surface area contributed by atoms with Gasteiger partial charge in [-0.2, -0.15) is 13.2 Å². The van der Waals surface area contributed by atoms with Gasteiger partial charge in [0, 0.05) is 37.6 Å². The predicted molar refractivity (Wildman–Crippen MR) is 83.2 cm³/mol. The molecule has 0 unspecified atom stereocenters. The van der Waals surface area contributed by atoms with E-state index in [0.717, 1.165) is 4.90 Å². The minimum absolute atomic E-state index is 0.0378. The number of aromatic nitrogens is 3. The van der Waals surface area contributed by atoms with Crippen molar-refractivity contribution >= 4 is 17.4 Å². The molecule has 1 atom stereocenters. The quantitative estimate of drug-likeness (QED) is 0.855. The van der Waals surface area contributed by atoms with Crippen molar-refractivity contribution in [2.45, 2.75) is 12.2 Å². The summed E-state index contributed by atoms with van der Waals surface area (Å²) in [7, 11) is 0. The van der Waals surface area contributed by atoms with E-state index in [9.17, 15) is 18.0 Å². The molecule has 2 N–H and O–H groups in total. The van der Waals surface area contributed by atoms with Crippen molar-refractivity contribution in [1.29, 1.82) is 0 Å². The maximum Gasteiger partial charge on any atom is 0.410 e. The van der Waals surface area contributed by atoms with Gasteiger partial charge in [0.2, 0.25) is 0 Å². The molecule has 0 radical (unpaired) electrons. The van der Waals surface area contributed by atoms with Crippen LogP contribution in [0.2, 0.25) is 5.02 Å². The van der Waals surface area contributed by atoms with Crippen molar-refractivity contribution < 1.29 is 13.2 Å². The molecule has 2 aromatic heterocycles. The molecule has 2 aromatic rings. The van der Waals surface area contributed by atoms with Crippen molar-refractivity contribution in [2.24, 2.45) is 0 Å². The minimum atomic E-state index is -4.47. The summed E-state index contributed by atoms with van der Waals surface area (Å²) in [5.41, 5.74) is -0.161. The average Bonchev–Trinajstić information content (AvgIpc) is 2.57. The number of halogens is 4. The lowest BCUT2D eigenvalue weighted by molar-refractivity contribution is -0.149. The first-order valence-corrected chi connectivity index (χ1v) is 7.50. The van der Waals surface area contributed by atoms with Crippen molar-refractivity contribution in [1.82, 2.24) is 20.3 Å². The Morgan fingerprint density at radius 3 is 2.67 bits per heavy atom. The molecule has 3 rings (SSSR count). The molecule has 0 saturated carbocycles. The molecule has 0 spiro atoms. The highest BCUT2D eigenvalue weighted by atomic mass is 35.5. The molecule has 0 amide bonds. The first kappa shape index (κ1) is 16.7. The van der Waals surface area contributed by atoms with E-state index in [1.54, 1.807) is 12.1 Å². The molecular formula is C14H13ClF3N5O. The van der Waals surface area contributed by atoms with Gasteiger partial charge in [0.15, 0.2) is 5.82 Å². The molecule has 1 fully saturated rings. The lowest BCUT2D eigenvalue weighted by Gasteiger charge is -2.38.